The second-order valence-corrected chi connectivity index (χ2v) is 9.34. The summed E-state index contributed by atoms with van der Waals surface area (Å²) in [6, 6.07) is 37.6. The molecule has 0 heterocycles. The lowest BCUT2D eigenvalue weighted by Crippen LogP contribution is -2.27. The Labute approximate surface area is 237 Å². The molecule has 4 rings (SSSR count). The Hall–Kier alpha value is -3.97. The molecular formula is C34H37NO5. The Morgan fingerprint density at radius 1 is 0.550 bits per heavy atom. The fourth-order valence-electron chi connectivity index (χ4n) is 4.13. The van der Waals surface area contributed by atoms with Gasteiger partial charge in [0.25, 0.3) is 0 Å². The number of ether oxygens (including phenoxy) is 4. The van der Waals surface area contributed by atoms with Gasteiger partial charge in [0.15, 0.2) is 0 Å². The van der Waals surface area contributed by atoms with Crippen LogP contribution >= 0.6 is 0 Å². The number of nitrogens with zero attached hydrogens (tertiary/aromatic N) is 1. The summed E-state index contributed by atoms with van der Waals surface area (Å²) < 4.78 is 22.6. The Bertz CT molecular complexity index is 1190. The summed E-state index contributed by atoms with van der Waals surface area (Å²) in [5, 5.41) is 0. The van der Waals surface area contributed by atoms with Gasteiger partial charge in [-0.2, -0.15) is 0 Å². The van der Waals surface area contributed by atoms with Gasteiger partial charge in [0.2, 0.25) is 0 Å². The SMILES string of the molecule is O=C(OCc1ccccc1)c1ccc(OCCOCCOCCN(Cc2ccccc2)Cc2ccccc2)cc1. The summed E-state index contributed by atoms with van der Waals surface area (Å²) in [7, 11) is 0. The van der Waals surface area contributed by atoms with Crippen LogP contribution in [0.15, 0.2) is 115 Å². The lowest BCUT2D eigenvalue weighted by molar-refractivity contribution is 0.0279. The summed E-state index contributed by atoms with van der Waals surface area (Å²) in [5.74, 6) is 0.318. The predicted molar refractivity (Wildman–Crippen MR) is 156 cm³/mol. The molecule has 0 saturated carbocycles. The molecule has 4 aromatic rings. The van der Waals surface area contributed by atoms with Gasteiger partial charge in [-0.25, -0.2) is 4.79 Å². The fourth-order valence-corrected chi connectivity index (χ4v) is 4.13. The van der Waals surface area contributed by atoms with Crippen LogP contribution in [0.4, 0.5) is 0 Å². The van der Waals surface area contributed by atoms with E-state index >= 15 is 0 Å². The number of esters is 1. The van der Waals surface area contributed by atoms with Crippen molar-refractivity contribution in [3.63, 3.8) is 0 Å². The van der Waals surface area contributed by atoms with Gasteiger partial charge in [-0.15, -0.1) is 0 Å². The minimum absolute atomic E-state index is 0.249. The third-order valence-corrected chi connectivity index (χ3v) is 6.22. The topological polar surface area (TPSA) is 57.2 Å². The van der Waals surface area contributed by atoms with E-state index < -0.39 is 0 Å². The number of hydrogen-bond acceptors (Lipinski definition) is 6. The van der Waals surface area contributed by atoms with Gasteiger partial charge in [0.05, 0.1) is 32.0 Å². The molecule has 0 N–H and O–H groups in total. The summed E-state index contributed by atoms with van der Waals surface area (Å²) in [4.78, 5) is 14.6. The molecule has 208 valence electrons. The normalized spacial score (nSPS) is 10.9. The lowest BCUT2D eigenvalue weighted by Gasteiger charge is -2.22. The average molecular weight is 540 g/mol. The van der Waals surface area contributed by atoms with E-state index in [9.17, 15) is 4.79 Å². The quantitative estimate of drug-likeness (QED) is 0.118. The average Bonchev–Trinajstić information content (AvgIpc) is 3.01. The number of benzene rings is 4. The predicted octanol–water partition coefficient (Wildman–Crippen LogP) is 6.16. The highest BCUT2D eigenvalue weighted by atomic mass is 16.5. The zero-order valence-electron chi connectivity index (χ0n) is 22.8. The molecule has 40 heavy (non-hydrogen) atoms. The van der Waals surface area contributed by atoms with E-state index in [1.165, 1.54) is 11.1 Å². The van der Waals surface area contributed by atoms with Gasteiger partial charge in [-0.1, -0.05) is 91.0 Å². The molecule has 6 nitrogen and oxygen atoms in total. The van der Waals surface area contributed by atoms with E-state index in [-0.39, 0.29) is 12.6 Å². The maximum atomic E-state index is 12.2. The molecular weight excluding hydrogens is 502 g/mol. The van der Waals surface area contributed by atoms with E-state index in [2.05, 4.69) is 53.4 Å². The van der Waals surface area contributed by atoms with Gasteiger partial charge in [-0.3, -0.25) is 4.90 Å². The Balaban J connectivity index is 1.07. The molecule has 0 bridgehead atoms. The van der Waals surface area contributed by atoms with Gasteiger partial charge in [0.1, 0.15) is 19.0 Å². The van der Waals surface area contributed by atoms with E-state index in [0.717, 1.165) is 25.2 Å². The molecule has 0 aliphatic rings. The van der Waals surface area contributed by atoms with Gasteiger partial charge in [0, 0.05) is 19.6 Å². The Morgan fingerprint density at radius 2 is 1.05 bits per heavy atom. The molecule has 0 fully saturated rings. The minimum Gasteiger partial charge on any atom is -0.491 e. The largest absolute Gasteiger partial charge is 0.491 e. The lowest BCUT2D eigenvalue weighted by atomic mass is 10.1. The first kappa shape index (κ1) is 29.0. The first-order valence-electron chi connectivity index (χ1n) is 13.7. The number of carbonyl (C=O) groups is 1. The van der Waals surface area contributed by atoms with Crippen LogP contribution in [0.2, 0.25) is 0 Å². The third kappa shape index (κ3) is 10.7. The number of rotatable bonds is 17. The van der Waals surface area contributed by atoms with Crippen LogP contribution < -0.4 is 4.74 Å². The van der Waals surface area contributed by atoms with Crippen LogP contribution in [0.5, 0.6) is 5.75 Å². The molecule has 0 radical (unpaired) electrons. The summed E-state index contributed by atoms with van der Waals surface area (Å²) >= 11 is 0. The first-order valence-corrected chi connectivity index (χ1v) is 13.7. The zero-order chi connectivity index (χ0) is 27.7. The van der Waals surface area contributed by atoms with Crippen molar-refractivity contribution in [2.24, 2.45) is 0 Å². The first-order chi connectivity index (χ1) is 19.8. The molecule has 6 heteroatoms. The second kappa shape index (κ2) is 16.9. The maximum absolute atomic E-state index is 12.2. The van der Waals surface area contributed by atoms with Crippen molar-refractivity contribution in [2.45, 2.75) is 19.7 Å². The van der Waals surface area contributed by atoms with Crippen LogP contribution in [0, 0.1) is 0 Å². The van der Waals surface area contributed by atoms with Crippen LogP contribution in [0.25, 0.3) is 0 Å². The van der Waals surface area contributed by atoms with Gasteiger partial charge in [-0.05, 0) is 41.0 Å². The highest BCUT2D eigenvalue weighted by molar-refractivity contribution is 5.89. The second-order valence-electron chi connectivity index (χ2n) is 9.34. The maximum Gasteiger partial charge on any atom is 0.338 e. The van der Waals surface area contributed by atoms with E-state index in [4.69, 9.17) is 18.9 Å². The van der Waals surface area contributed by atoms with Crippen LogP contribution in [-0.4, -0.2) is 50.4 Å². The zero-order valence-corrected chi connectivity index (χ0v) is 22.8. The molecule has 0 aromatic heterocycles. The third-order valence-electron chi connectivity index (χ3n) is 6.22. The minimum atomic E-state index is -0.359. The fraction of sp³-hybridized carbons (Fsp3) is 0.265. The Morgan fingerprint density at radius 3 is 1.62 bits per heavy atom. The van der Waals surface area contributed by atoms with Crippen LogP contribution in [-0.2, 0) is 33.9 Å². The van der Waals surface area contributed by atoms with Gasteiger partial charge >= 0.3 is 5.97 Å². The van der Waals surface area contributed by atoms with Crippen molar-refractivity contribution in [1.82, 2.24) is 4.90 Å². The molecule has 0 aliphatic carbocycles. The monoisotopic (exact) mass is 539 g/mol. The Kier molecular flexibility index (Phi) is 12.2. The van der Waals surface area contributed by atoms with Crippen LogP contribution in [0.1, 0.15) is 27.0 Å². The standard InChI is InChI=1S/C34H37NO5/c36-34(40-28-31-14-8-3-9-15-31)32-16-18-33(19-17-32)39-25-24-38-23-22-37-21-20-35(26-29-10-4-1-5-11-29)27-30-12-6-2-7-13-30/h1-19H,20-28H2. The van der Waals surface area contributed by atoms with E-state index in [1.807, 2.05) is 42.5 Å². The summed E-state index contributed by atoms with van der Waals surface area (Å²) in [6.45, 7) is 5.39. The van der Waals surface area contributed by atoms with Crippen molar-refractivity contribution in [2.75, 3.05) is 39.6 Å². The van der Waals surface area contributed by atoms with Crippen molar-refractivity contribution in [1.29, 1.82) is 0 Å². The van der Waals surface area contributed by atoms with Crippen LogP contribution in [0.3, 0.4) is 0 Å². The molecule has 0 saturated heterocycles. The molecule has 0 aliphatic heterocycles. The summed E-state index contributed by atoms with van der Waals surface area (Å²) in [5.41, 5.74) is 4.02. The molecule has 0 atom stereocenters. The highest BCUT2D eigenvalue weighted by Gasteiger charge is 2.09. The molecule has 0 amide bonds. The van der Waals surface area contributed by atoms with Crippen molar-refractivity contribution in [3.8, 4) is 5.75 Å². The van der Waals surface area contributed by atoms with E-state index in [1.54, 1.807) is 24.3 Å². The van der Waals surface area contributed by atoms with Crippen molar-refractivity contribution in [3.05, 3.63) is 138 Å². The molecule has 0 unspecified atom stereocenters. The smallest absolute Gasteiger partial charge is 0.338 e. The number of hydrogen-bond donors (Lipinski definition) is 0. The molecule has 0 spiro atoms. The molecule has 4 aromatic carbocycles. The summed E-state index contributed by atoms with van der Waals surface area (Å²) in [6.07, 6.45) is 0. The van der Waals surface area contributed by atoms with Gasteiger partial charge < -0.3 is 18.9 Å². The number of carbonyl (C=O) groups excluding carboxylic acids is 1. The van der Waals surface area contributed by atoms with Crippen molar-refractivity contribution < 1.29 is 23.7 Å². The van der Waals surface area contributed by atoms with Crippen molar-refractivity contribution >= 4 is 5.97 Å². The van der Waals surface area contributed by atoms with E-state index in [0.29, 0.717) is 44.3 Å². The highest BCUT2D eigenvalue weighted by Crippen LogP contribution is 2.14.